The number of rotatable bonds is 4. The highest BCUT2D eigenvalue weighted by molar-refractivity contribution is 6.42. The van der Waals surface area contributed by atoms with Crippen molar-refractivity contribution in [1.29, 1.82) is 0 Å². The van der Waals surface area contributed by atoms with Gasteiger partial charge in [-0.15, -0.1) is 0 Å². The minimum Gasteiger partial charge on any atom is -0.383 e. The Morgan fingerprint density at radius 3 is 2.40 bits per heavy atom. The molecule has 2 N–H and O–H groups in total. The van der Waals surface area contributed by atoms with Crippen LogP contribution in [0.3, 0.4) is 0 Å². The highest BCUT2D eigenvalue weighted by Crippen LogP contribution is 2.38. The van der Waals surface area contributed by atoms with Gasteiger partial charge in [-0.2, -0.15) is 5.10 Å². The van der Waals surface area contributed by atoms with Gasteiger partial charge in [0, 0.05) is 18.5 Å². The van der Waals surface area contributed by atoms with Gasteiger partial charge in [0.15, 0.2) is 0 Å². The van der Waals surface area contributed by atoms with Crippen LogP contribution in [0, 0.1) is 0 Å². The van der Waals surface area contributed by atoms with Crippen LogP contribution in [0.2, 0.25) is 10.0 Å². The Morgan fingerprint density at radius 2 is 1.85 bits per heavy atom. The first-order valence-corrected chi connectivity index (χ1v) is 7.52. The van der Waals surface area contributed by atoms with E-state index in [0.29, 0.717) is 21.8 Å². The summed E-state index contributed by atoms with van der Waals surface area (Å²) in [6.07, 6.45) is 2.06. The number of hydrogen-bond acceptors (Lipinski definition) is 2. The summed E-state index contributed by atoms with van der Waals surface area (Å²) in [6.45, 7) is 4.33. The minimum absolute atomic E-state index is 0.392. The quantitative estimate of drug-likeness (QED) is 0.874. The van der Waals surface area contributed by atoms with Gasteiger partial charge in [0.05, 0.1) is 15.7 Å². The molecule has 0 bridgehead atoms. The second-order valence-corrected chi connectivity index (χ2v) is 5.73. The van der Waals surface area contributed by atoms with E-state index in [0.717, 1.165) is 29.7 Å². The summed E-state index contributed by atoms with van der Waals surface area (Å²) in [5.41, 5.74) is 9.17. The van der Waals surface area contributed by atoms with E-state index in [1.54, 1.807) is 10.7 Å². The molecular formula is C15H19Cl2N3. The van der Waals surface area contributed by atoms with Crippen molar-refractivity contribution in [2.75, 3.05) is 5.73 Å². The summed E-state index contributed by atoms with van der Waals surface area (Å²) < 4.78 is 1.73. The van der Waals surface area contributed by atoms with Gasteiger partial charge in [-0.05, 0) is 30.5 Å². The molecule has 1 aromatic heterocycles. The van der Waals surface area contributed by atoms with Gasteiger partial charge in [0.2, 0.25) is 0 Å². The molecular weight excluding hydrogens is 293 g/mol. The van der Waals surface area contributed by atoms with Crippen molar-refractivity contribution in [3.05, 3.63) is 33.9 Å². The maximum atomic E-state index is 6.20. The van der Waals surface area contributed by atoms with Gasteiger partial charge >= 0.3 is 0 Å². The average molecular weight is 312 g/mol. The van der Waals surface area contributed by atoms with Crippen LogP contribution in [-0.4, -0.2) is 9.78 Å². The van der Waals surface area contributed by atoms with Crippen molar-refractivity contribution in [1.82, 2.24) is 9.78 Å². The normalized spacial score (nSPS) is 11.3. The van der Waals surface area contributed by atoms with E-state index in [1.165, 1.54) is 0 Å². The Balaban J connectivity index is 2.62. The molecule has 0 unspecified atom stereocenters. The van der Waals surface area contributed by atoms with Crippen molar-refractivity contribution in [3.63, 3.8) is 0 Å². The zero-order chi connectivity index (χ0) is 14.9. The Morgan fingerprint density at radius 1 is 1.20 bits per heavy atom. The summed E-state index contributed by atoms with van der Waals surface area (Å²) in [6, 6.07) is 5.58. The molecule has 1 heterocycles. The van der Waals surface area contributed by atoms with Crippen LogP contribution in [0.15, 0.2) is 18.2 Å². The van der Waals surface area contributed by atoms with Crippen molar-refractivity contribution in [3.8, 4) is 11.1 Å². The lowest BCUT2D eigenvalue weighted by molar-refractivity contribution is 0.606. The lowest BCUT2D eigenvalue weighted by Gasteiger charge is -2.12. The second-order valence-electron chi connectivity index (χ2n) is 4.91. The van der Waals surface area contributed by atoms with Crippen molar-refractivity contribution < 1.29 is 0 Å². The van der Waals surface area contributed by atoms with E-state index in [2.05, 4.69) is 18.9 Å². The number of halogens is 2. The molecule has 2 rings (SSSR count). The summed E-state index contributed by atoms with van der Waals surface area (Å²) in [5.74, 6) is 1.05. The van der Waals surface area contributed by atoms with E-state index < -0.39 is 0 Å². The molecule has 0 spiro atoms. The number of benzene rings is 1. The third-order valence-electron chi connectivity index (χ3n) is 3.70. The fourth-order valence-electron chi connectivity index (χ4n) is 2.47. The van der Waals surface area contributed by atoms with E-state index in [-0.39, 0.29) is 0 Å². The van der Waals surface area contributed by atoms with Crippen LogP contribution in [0.1, 0.15) is 38.3 Å². The largest absolute Gasteiger partial charge is 0.383 e. The van der Waals surface area contributed by atoms with Crippen LogP contribution in [0.4, 0.5) is 5.82 Å². The second kappa shape index (κ2) is 6.06. The average Bonchev–Trinajstić information content (AvgIpc) is 2.71. The Kier molecular flexibility index (Phi) is 4.61. The number of anilines is 1. The maximum absolute atomic E-state index is 6.20. The fourth-order valence-corrected chi connectivity index (χ4v) is 2.77. The molecule has 3 nitrogen and oxygen atoms in total. The van der Waals surface area contributed by atoms with Crippen LogP contribution in [-0.2, 0) is 7.05 Å². The van der Waals surface area contributed by atoms with Crippen molar-refractivity contribution >= 4 is 29.0 Å². The SMILES string of the molecule is CCC(CC)c1nn(C)c(N)c1-c1ccc(Cl)c(Cl)c1. The molecule has 1 aromatic carbocycles. The number of nitrogens with two attached hydrogens (primary N) is 1. The third-order valence-corrected chi connectivity index (χ3v) is 4.44. The van der Waals surface area contributed by atoms with Gasteiger partial charge in [-0.3, -0.25) is 4.68 Å². The van der Waals surface area contributed by atoms with Gasteiger partial charge < -0.3 is 5.73 Å². The number of aryl methyl sites for hydroxylation is 1. The molecule has 0 saturated carbocycles. The van der Waals surface area contributed by atoms with Gasteiger partial charge in [0.25, 0.3) is 0 Å². The summed E-state index contributed by atoms with van der Waals surface area (Å²) in [4.78, 5) is 0. The molecule has 0 saturated heterocycles. The summed E-state index contributed by atoms with van der Waals surface area (Å²) in [7, 11) is 1.86. The monoisotopic (exact) mass is 311 g/mol. The highest BCUT2D eigenvalue weighted by atomic mass is 35.5. The zero-order valence-electron chi connectivity index (χ0n) is 12.0. The molecule has 0 amide bonds. The van der Waals surface area contributed by atoms with E-state index >= 15 is 0 Å². The number of nitrogen functional groups attached to an aromatic ring is 1. The predicted molar refractivity (Wildman–Crippen MR) is 86.4 cm³/mol. The van der Waals surface area contributed by atoms with E-state index in [4.69, 9.17) is 28.9 Å². The van der Waals surface area contributed by atoms with Gasteiger partial charge in [-0.25, -0.2) is 0 Å². The topological polar surface area (TPSA) is 43.8 Å². The van der Waals surface area contributed by atoms with Crippen molar-refractivity contribution in [2.45, 2.75) is 32.6 Å². The van der Waals surface area contributed by atoms with Crippen LogP contribution < -0.4 is 5.73 Å². The first kappa shape index (κ1) is 15.2. The molecule has 2 aromatic rings. The molecule has 20 heavy (non-hydrogen) atoms. The van der Waals surface area contributed by atoms with Crippen LogP contribution in [0.5, 0.6) is 0 Å². The molecule has 108 valence electrons. The summed E-state index contributed by atoms with van der Waals surface area (Å²) >= 11 is 12.1. The molecule has 5 heteroatoms. The smallest absolute Gasteiger partial charge is 0.129 e. The number of hydrogen-bond donors (Lipinski definition) is 1. The van der Waals surface area contributed by atoms with E-state index in [1.807, 2.05) is 19.2 Å². The predicted octanol–water partition coefficient (Wildman–Crippen LogP) is 4.88. The molecule has 0 aliphatic heterocycles. The first-order valence-electron chi connectivity index (χ1n) is 6.77. The van der Waals surface area contributed by atoms with Crippen LogP contribution >= 0.6 is 23.2 Å². The molecule has 0 atom stereocenters. The Hall–Kier alpha value is -1.19. The molecule has 0 aliphatic carbocycles. The Bertz CT molecular complexity index is 616. The Labute approximate surface area is 129 Å². The molecule has 0 radical (unpaired) electrons. The fraction of sp³-hybridized carbons (Fsp3) is 0.400. The van der Waals surface area contributed by atoms with Crippen LogP contribution in [0.25, 0.3) is 11.1 Å². The maximum Gasteiger partial charge on any atom is 0.129 e. The summed E-state index contributed by atoms with van der Waals surface area (Å²) in [5, 5.41) is 5.67. The number of aromatic nitrogens is 2. The number of nitrogens with zero attached hydrogens (tertiary/aromatic N) is 2. The molecule has 0 fully saturated rings. The third kappa shape index (κ3) is 2.65. The standard InChI is InChI=1S/C15H19Cl2N3/c1-4-9(5-2)14-13(15(18)20(3)19-14)10-6-7-11(16)12(17)8-10/h6-9H,4-5,18H2,1-3H3. The highest BCUT2D eigenvalue weighted by Gasteiger charge is 2.21. The minimum atomic E-state index is 0.392. The zero-order valence-corrected chi connectivity index (χ0v) is 13.5. The van der Waals surface area contributed by atoms with Gasteiger partial charge in [-0.1, -0.05) is 43.1 Å². The van der Waals surface area contributed by atoms with Gasteiger partial charge in [0.1, 0.15) is 5.82 Å². The van der Waals surface area contributed by atoms with E-state index in [9.17, 15) is 0 Å². The first-order chi connectivity index (χ1) is 9.49. The lowest BCUT2D eigenvalue weighted by Crippen LogP contribution is -1.99. The lowest BCUT2D eigenvalue weighted by atomic mass is 9.93. The molecule has 0 aliphatic rings. The van der Waals surface area contributed by atoms with Crippen molar-refractivity contribution in [2.24, 2.45) is 7.05 Å².